The maximum absolute atomic E-state index is 13.2. The van der Waals surface area contributed by atoms with E-state index >= 15 is 0 Å². The molecule has 6 nitrogen and oxygen atoms in total. The molecule has 2 amide bonds. The lowest BCUT2D eigenvalue weighted by molar-refractivity contribution is -0.139. The van der Waals surface area contributed by atoms with Crippen LogP contribution in [0, 0.1) is 12.7 Å². The molecule has 3 rings (SSSR count). The van der Waals surface area contributed by atoms with Gasteiger partial charge >= 0.3 is 0 Å². The van der Waals surface area contributed by atoms with Crippen LogP contribution >= 0.6 is 15.9 Å². The summed E-state index contributed by atoms with van der Waals surface area (Å²) in [6.45, 7) is 5.30. The molecule has 30 heavy (non-hydrogen) atoms. The molecule has 1 atom stereocenters. The number of aryl methyl sites for hydroxylation is 1. The summed E-state index contributed by atoms with van der Waals surface area (Å²) >= 11 is 3.24. The van der Waals surface area contributed by atoms with Crippen LogP contribution in [0.25, 0.3) is 0 Å². The first-order chi connectivity index (χ1) is 14.3. The summed E-state index contributed by atoms with van der Waals surface area (Å²) in [7, 11) is 1.58. The van der Waals surface area contributed by atoms with Crippen LogP contribution in [0.3, 0.4) is 0 Å². The van der Waals surface area contributed by atoms with Gasteiger partial charge in [0.25, 0.3) is 11.8 Å². The van der Waals surface area contributed by atoms with Gasteiger partial charge in [0, 0.05) is 31.7 Å². The number of hydrogen-bond acceptors (Lipinski definition) is 4. The summed E-state index contributed by atoms with van der Waals surface area (Å²) in [5, 5.41) is 0. The quantitative estimate of drug-likeness (QED) is 0.657. The SMILES string of the molecule is COc1cc(C(=O)N2CCN(C(=O)C(C)Oc3ccc(F)cc3Br)CC2)ccc1C. The van der Waals surface area contributed by atoms with Gasteiger partial charge < -0.3 is 19.3 Å². The van der Waals surface area contributed by atoms with Gasteiger partial charge in [0.05, 0.1) is 11.6 Å². The highest BCUT2D eigenvalue weighted by molar-refractivity contribution is 9.10. The van der Waals surface area contributed by atoms with Gasteiger partial charge in [-0.3, -0.25) is 9.59 Å². The van der Waals surface area contributed by atoms with Gasteiger partial charge in [0.2, 0.25) is 0 Å². The molecule has 0 spiro atoms. The Hall–Kier alpha value is -2.61. The van der Waals surface area contributed by atoms with Gasteiger partial charge in [-0.15, -0.1) is 0 Å². The van der Waals surface area contributed by atoms with Crippen molar-refractivity contribution in [2.75, 3.05) is 33.3 Å². The second kappa shape index (κ2) is 9.47. The molecule has 1 aliphatic rings. The number of nitrogens with zero attached hydrogens (tertiary/aromatic N) is 2. The molecule has 0 saturated carbocycles. The molecule has 1 saturated heterocycles. The van der Waals surface area contributed by atoms with Crippen molar-refractivity contribution >= 4 is 27.7 Å². The number of hydrogen-bond donors (Lipinski definition) is 0. The van der Waals surface area contributed by atoms with Crippen LogP contribution in [0.4, 0.5) is 4.39 Å². The van der Waals surface area contributed by atoms with E-state index in [1.807, 2.05) is 13.0 Å². The average Bonchev–Trinajstić information content (AvgIpc) is 2.75. The number of halogens is 2. The summed E-state index contributed by atoms with van der Waals surface area (Å²) in [4.78, 5) is 29.0. The predicted molar refractivity (Wildman–Crippen MR) is 114 cm³/mol. The third-order valence-electron chi connectivity index (χ3n) is 5.08. The molecule has 2 aromatic rings. The second-order valence-electron chi connectivity index (χ2n) is 7.14. The van der Waals surface area contributed by atoms with Crippen molar-refractivity contribution in [3.05, 3.63) is 57.8 Å². The predicted octanol–water partition coefficient (Wildman–Crippen LogP) is 3.66. The fourth-order valence-electron chi connectivity index (χ4n) is 3.33. The lowest BCUT2D eigenvalue weighted by Crippen LogP contribution is -2.53. The van der Waals surface area contributed by atoms with Gasteiger partial charge in [0.1, 0.15) is 17.3 Å². The smallest absolute Gasteiger partial charge is 0.263 e. The Morgan fingerprint density at radius 2 is 1.70 bits per heavy atom. The Morgan fingerprint density at radius 3 is 2.33 bits per heavy atom. The molecule has 1 heterocycles. The van der Waals surface area contributed by atoms with E-state index in [2.05, 4.69) is 15.9 Å². The Labute approximate surface area is 183 Å². The average molecular weight is 479 g/mol. The van der Waals surface area contributed by atoms with Crippen molar-refractivity contribution in [2.24, 2.45) is 0 Å². The molecule has 2 aromatic carbocycles. The highest BCUT2D eigenvalue weighted by atomic mass is 79.9. The van der Waals surface area contributed by atoms with Gasteiger partial charge in [-0.05, 0) is 65.7 Å². The molecule has 1 aliphatic heterocycles. The van der Waals surface area contributed by atoms with Crippen LogP contribution in [0.5, 0.6) is 11.5 Å². The molecule has 0 radical (unpaired) electrons. The van der Waals surface area contributed by atoms with Crippen LogP contribution in [-0.2, 0) is 4.79 Å². The van der Waals surface area contributed by atoms with Crippen LogP contribution in [0.2, 0.25) is 0 Å². The van der Waals surface area contributed by atoms with Crippen molar-refractivity contribution in [1.29, 1.82) is 0 Å². The molecule has 0 aliphatic carbocycles. The van der Waals surface area contributed by atoms with Gasteiger partial charge in [-0.25, -0.2) is 4.39 Å². The fourth-order valence-corrected chi connectivity index (χ4v) is 3.78. The first-order valence-corrected chi connectivity index (χ1v) is 10.4. The van der Waals surface area contributed by atoms with Crippen LogP contribution in [-0.4, -0.2) is 61.0 Å². The highest BCUT2D eigenvalue weighted by Gasteiger charge is 2.28. The van der Waals surface area contributed by atoms with Gasteiger partial charge in [0.15, 0.2) is 6.10 Å². The van der Waals surface area contributed by atoms with Crippen LogP contribution in [0.15, 0.2) is 40.9 Å². The normalized spacial score (nSPS) is 15.0. The lowest BCUT2D eigenvalue weighted by Gasteiger charge is -2.36. The molecule has 1 unspecified atom stereocenters. The Bertz CT molecular complexity index is 945. The molecule has 0 N–H and O–H groups in total. The van der Waals surface area contributed by atoms with Crippen LogP contribution in [0.1, 0.15) is 22.8 Å². The molecular weight excluding hydrogens is 455 g/mol. The van der Waals surface area contributed by atoms with Crippen molar-refractivity contribution in [1.82, 2.24) is 9.80 Å². The third-order valence-corrected chi connectivity index (χ3v) is 5.70. The van der Waals surface area contributed by atoms with Crippen molar-refractivity contribution in [2.45, 2.75) is 20.0 Å². The first kappa shape index (κ1) is 22.1. The van der Waals surface area contributed by atoms with Crippen molar-refractivity contribution in [3.63, 3.8) is 0 Å². The van der Waals surface area contributed by atoms with E-state index in [4.69, 9.17) is 9.47 Å². The number of carbonyl (C=O) groups excluding carboxylic acids is 2. The first-order valence-electron chi connectivity index (χ1n) is 9.64. The second-order valence-corrected chi connectivity index (χ2v) is 7.99. The number of ether oxygens (including phenoxy) is 2. The maximum Gasteiger partial charge on any atom is 0.263 e. The van der Waals surface area contributed by atoms with E-state index in [-0.39, 0.29) is 17.6 Å². The largest absolute Gasteiger partial charge is 0.496 e. The van der Waals surface area contributed by atoms with E-state index in [0.717, 1.165) is 5.56 Å². The molecule has 1 fully saturated rings. The number of benzene rings is 2. The van der Waals surface area contributed by atoms with Crippen molar-refractivity contribution in [3.8, 4) is 11.5 Å². The van der Waals surface area contributed by atoms with Gasteiger partial charge in [-0.2, -0.15) is 0 Å². The maximum atomic E-state index is 13.2. The molecule has 160 valence electrons. The lowest BCUT2D eigenvalue weighted by atomic mass is 10.1. The Kier molecular flexibility index (Phi) is 6.97. The topological polar surface area (TPSA) is 59.1 Å². The van der Waals surface area contributed by atoms with E-state index in [1.54, 1.807) is 36.0 Å². The zero-order valence-corrected chi connectivity index (χ0v) is 18.7. The minimum Gasteiger partial charge on any atom is -0.496 e. The minimum atomic E-state index is -0.727. The van der Waals surface area contributed by atoms with Crippen LogP contribution < -0.4 is 9.47 Å². The standard InChI is InChI=1S/C22H24BrFN2O4/c1-14-4-5-16(12-20(14)29-3)22(28)26-10-8-25(9-11-26)21(27)15(2)30-19-7-6-17(24)13-18(19)23/h4-7,12-13,15H,8-11H2,1-3H3. The monoisotopic (exact) mass is 478 g/mol. The number of piperazine rings is 1. The highest BCUT2D eigenvalue weighted by Crippen LogP contribution is 2.27. The Balaban J connectivity index is 1.57. The molecular formula is C22H24BrFN2O4. The summed E-state index contributed by atoms with van der Waals surface area (Å²) in [6, 6.07) is 9.44. The fraction of sp³-hybridized carbons (Fsp3) is 0.364. The third kappa shape index (κ3) is 4.92. The van der Waals surface area contributed by atoms with E-state index in [0.29, 0.717) is 47.7 Å². The summed E-state index contributed by atoms with van der Waals surface area (Å²) in [6.07, 6.45) is -0.727. The Morgan fingerprint density at radius 1 is 1.03 bits per heavy atom. The van der Waals surface area contributed by atoms with Crippen molar-refractivity contribution < 1.29 is 23.5 Å². The van der Waals surface area contributed by atoms with E-state index in [9.17, 15) is 14.0 Å². The summed E-state index contributed by atoms with van der Waals surface area (Å²) < 4.78 is 24.7. The molecule has 8 heteroatoms. The van der Waals surface area contributed by atoms with E-state index in [1.165, 1.54) is 18.2 Å². The molecule has 0 aromatic heterocycles. The number of methoxy groups -OCH3 is 1. The minimum absolute atomic E-state index is 0.0834. The zero-order chi connectivity index (χ0) is 21.8. The summed E-state index contributed by atoms with van der Waals surface area (Å²) in [5.74, 6) is 0.433. The van der Waals surface area contributed by atoms with Gasteiger partial charge in [-0.1, -0.05) is 6.07 Å². The molecule has 0 bridgehead atoms. The summed E-state index contributed by atoms with van der Waals surface area (Å²) in [5.41, 5.74) is 1.53. The number of amides is 2. The van der Waals surface area contributed by atoms with E-state index < -0.39 is 6.10 Å². The zero-order valence-electron chi connectivity index (χ0n) is 17.2. The number of rotatable bonds is 5. The number of carbonyl (C=O) groups is 2.